The highest BCUT2D eigenvalue weighted by Crippen LogP contribution is 2.28. The van der Waals surface area contributed by atoms with E-state index in [1.54, 1.807) is 6.07 Å². The molecule has 0 spiro atoms. The number of nitrogens with zero attached hydrogens (tertiary/aromatic N) is 1. The summed E-state index contributed by atoms with van der Waals surface area (Å²) in [6.45, 7) is 4.97. The van der Waals surface area contributed by atoms with Gasteiger partial charge in [0.15, 0.2) is 0 Å². The highest BCUT2D eigenvalue weighted by atomic mass is 16.6. The Kier molecular flexibility index (Phi) is 5.17. The first-order valence-electron chi connectivity index (χ1n) is 6.95. The molecule has 1 aromatic rings. The fraction of sp³-hybridized carbons (Fsp3) is 0.571. The number of non-ortho nitro benzene ring substituents is 1. The van der Waals surface area contributed by atoms with E-state index in [-0.39, 0.29) is 5.69 Å². The standard InChI is InChI=1S/C14H20N2O4/c1-2-19-13-7-12(16(17)18)8-14(9-13)20-6-4-11-3-5-15-10-11/h7-9,11,15H,2-6,10H2,1H3. The average molecular weight is 280 g/mol. The van der Waals surface area contributed by atoms with Crippen LogP contribution in [-0.4, -0.2) is 31.2 Å². The van der Waals surface area contributed by atoms with Gasteiger partial charge in [0.05, 0.1) is 30.3 Å². The Morgan fingerprint density at radius 2 is 2.10 bits per heavy atom. The van der Waals surface area contributed by atoms with E-state index in [0.717, 1.165) is 19.5 Å². The molecule has 0 radical (unpaired) electrons. The van der Waals surface area contributed by atoms with Crippen LogP contribution in [0.15, 0.2) is 18.2 Å². The van der Waals surface area contributed by atoms with E-state index in [1.165, 1.54) is 18.6 Å². The Morgan fingerprint density at radius 1 is 1.35 bits per heavy atom. The predicted molar refractivity (Wildman–Crippen MR) is 75.4 cm³/mol. The molecule has 6 heteroatoms. The third-order valence-electron chi connectivity index (χ3n) is 3.34. The molecule has 1 fully saturated rings. The summed E-state index contributed by atoms with van der Waals surface area (Å²) < 4.78 is 11.0. The van der Waals surface area contributed by atoms with Crippen LogP contribution in [0.2, 0.25) is 0 Å². The van der Waals surface area contributed by atoms with Gasteiger partial charge in [-0.25, -0.2) is 0 Å². The number of benzene rings is 1. The molecule has 0 bridgehead atoms. The lowest BCUT2D eigenvalue weighted by atomic mass is 10.1. The van der Waals surface area contributed by atoms with E-state index < -0.39 is 4.92 Å². The molecule has 1 aliphatic heterocycles. The highest BCUT2D eigenvalue weighted by Gasteiger charge is 2.15. The van der Waals surface area contributed by atoms with Crippen molar-refractivity contribution in [1.82, 2.24) is 5.32 Å². The highest BCUT2D eigenvalue weighted by molar-refractivity contribution is 5.46. The van der Waals surface area contributed by atoms with Crippen molar-refractivity contribution in [3.63, 3.8) is 0 Å². The van der Waals surface area contributed by atoms with Crippen molar-refractivity contribution in [2.24, 2.45) is 5.92 Å². The smallest absolute Gasteiger partial charge is 0.276 e. The van der Waals surface area contributed by atoms with E-state index in [9.17, 15) is 10.1 Å². The maximum Gasteiger partial charge on any atom is 0.276 e. The van der Waals surface area contributed by atoms with Crippen molar-refractivity contribution in [2.75, 3.05) is 26.3 Å². The molecule has 0 saturated carbocycles. The van der Waals surface area contributed by atoms with Crippen molar-refractivity contribution in [3.05, 3.63) is 28.3 Å². The number of ether oxygens (including phenoxy) is 2. The molecule has 0 aromatic heterocycles. The van der Waals surface area contributed by atoms with Gasteiger partial charge < -0.3 is 14.8 Å². The van der Waals surface area contributed by atoms with Gasteiger partial charge in [0.25, 0.3) is 5.69 Å². The topological polar surface area (TPSA) is 73.6 Å². The fourth-order valence-corrected chi connectivity index (χ4v) is 2.30. The third-order valence-corrected chi connectivity index (χ3v) is 3.34. The molecule has 1 aromatic carbocycles. The second-order valence-electron chi connectivity index (χ2n) is 4.85. The minimum Gasteiger partial charge on any atom is -0.493 e. The predicted octanol–water partition coefficient (Wildman–Crippen LogP) is 2.37. The number of nitro groups is 1. The Morgan fingerprint density at radius 3 is 2.70 bits per heavy atom. The second kappa shape index (κ2) is 7.09. The van der Waals surface area contributed by atoms with E-state index in [4.69, 9.17) is 9.47 Å². The first-order chi connectivity index (χ1) is 9.69. The average Bonchev–Trinajstić information content (AvgIpc) is 2.92. The molecule has 1 heterocycles. The maximum atomic E-state index is 10.9. The molecule has 1 atom stereocenters. The normalized spacial score (nSPS) is 17.9. The van der Waals surface area contributed by atoms with Crippen molar-refractivity contribution in [1.29, 1.82) is 0 Å². The first kappa shape index (κ1) is 14.6. The molecule has 0 amide bonds. The van der Waals surface area contributed by atoms with E-state index in [0.29, 0.717) is 30.6 Å². The summed E-state index contributed by atoms with van der Waals surface area (Å²) >= 11 is 0. The van der Waals surface area contributed by atoms with Gasteiger partial charge in [-0.3, -0.25) is 10.1 Å². The van der Waals surface area contributed by atoms with Gasteiger partial charge in [0.1, 0.15) is 11.5 Å². The minimum absolute atomic E-state index is 0.00603. The van der Waals surface area contributed by atoms with Crippen LogP contribution in [0.25, 0.3) is 0 Å². The Labute approximate surface area is 118 Å². The lowest BCUT2D eigenvalue weighted by molar-refractivity contribution is -0.385. The molecule has 1 unspecified atom stereocenters. The van der Waals surface area contributed by atoms with Gasteiger partial charge in [-0.15, -0.1) is 0 Å². The maximum absolute atomic E-state index is 10.9. The summed E-state index contributed by atoms with van der Waals surface area (Å²) in [5, 5.41) is 14.2. The SMILES string of the molecule is CCOc1cc(OCCC2CCNC2)cc([N+](=O)[O-])c1. The lowest BCUT2D eigenvalue weighted by Gasteiger charge is -2.11. The van der Waals surface area contributed by atoms with Gasteiger partial charge in [-0.05, 0) is 38.8 Å². The lowest BCUT2D eigenvalue weighted by Crippen LogP contribution is -2.11. The van der Waals surface area contributed by atoms with Crippen LogP contribution in [0, 0.1) is 16.0 Å². The molecule has 20 heavy (non-hydrogen) atoms. The Balaban J connectivity index is 1.96. The number of nitro benzene ring substituents is 1. The summed E-state index contributed by atoms with van der Waals surface area (Å²) in [6.07, 6.45) is 2.13. The molecule has 1 saturated heterocycles. The molecule has 6 nitrogen and oxygen atoms in total. The number of rotatable bonds is 7. The van der Waals surface area contributed by atoms with Gasteiger partial charge in [0.2, 0.25) is 0 Å². The number of nitrogens with one attached hydrogen (secondary N) is 1. The van der Waals surface area contributed by atoms with Gasteiger partial charge >= 0.3 is 0 Å². The zero-order valence-electron chi connectivity index (χ0n) is 11.6. The van der Waals surface area contributed by atoms with E-state index >= 15 is 0 Å². The monoisotopic (exact) mass is 280 g/mol. The van der Waals surface area contributed by atoms with Crippen LogP contribution in [0.1, 0.15) is 19.8 Å². The Bertz CT molecular complexity index is 458. The molecule has 1 N–H and O–H groups in total. The van der Waals surface area contributed by atoms with E-state index in [1.807, 2.05) is 6.92 Å². The van der Waals surface area contributed by atoms with Crippen LogP contribution in [0.4, 0.5) is 5.69 Å². The minimum atomic E-state index is -0.434. The van der Waals surface area contributed by atoms with Gasteiger partial charge in [0, 0.05) is 6.07 Å². The zero-order valence-corrected chi connectivity index (χ0v) is 11.6. The molecule has 0 aliphatic carbocycles. The molecule has 110 valence electrons. The largest absolute Gasteiger partial charge is 0.493 e. The van der Waals surface area contributed by atoms with Crippen molar-refractivity contribution in [2.45, 2.75) is 19.8 Å². The quantitative estimate of drug-likeness (QED) is 0.613. The summed E-state index contributed by atoms with van der Waals surface area (Å²) in [7, 11) is 0. The molecule has 1 aliphatic rings. The van der Waals surface area contributed by atoms with Crippen LogP contribution < -0.4 is 14.8 Å². The summed E-state index contributed by atoms with van der Waals surface area (Å²) in [5.41, 5.74) is -0.00603. The summed E-state index contributed by atoms with van der Waals surface area (Å²) in [5.74, 6) is 1.60. The van der Waals surface area contributed by atoms with Crippen molar-refractivity contribution < 1.29 is 14.4 Å². The first-order valence-corrected chi connectivity index (χ1v) is 6.95. The van der Waals surface area contributed by atoms with Gasteiger partial charge in [-0.2, -0.15) is 0 Å². The fourth-order valence-electron chi connectivity index (χ4n) is 2.30. The number of hydrogen-bond acceptors (Lipinski definition) is 5. The summed E-state index contributed by atoms with van der Waals surface area (Å²) in [4.78, 5) is 10.4. The van der Waals surface area contributed by atoms with Crippen LogP contribution in [0.3, 0.4) is 0 Å². The third kappa shape index (κ3) is 4.09. The zero-order chi connectivity index (χ0) is 14.4. The van der Waals surface area contributed by atoms with Crippen molar-refractivity contribution in [3.8, 4) is 11.5 Å². The van der Waals surface area contributed by atoms with E-state index in [2.05, 4.69) is 5.32 Å². The molecular formula is C14H20N2O4. The van der Waals surface area contributed by atoms with Crippen molar-refractivity contribution >= 4 is 5.69 Å². The van der Waals surface area contributed by atoms with Gasteiger partial charge in [-0.1, -0.05) is 0 Å². The van der Waals surface area contributed by atoms with Crippen LogP contribution >= 0.6 is 0 Å². The van der Waals surface area contributed by atoms with Crippen LogP contribution in [0.5, 0.6) is 11.5 Å². The van der Waals surface area contributed by atoms with Crippen LogP contribution in [-0.2, 0) is 0 Å². The number of hydrogen-bond donors (Lipinski definition) is 1. The Hall–Kier alpha value is -1.82. The molecule has 2 rings (SSSR count). The second-order valence-corrected chi connectivity index (χ2v) is 4.85. The molecular weight excluding hydrogens is 260 g/mol. The summed E-state index contributed by atoms with van der Waals surface area (Å²) in [6, 6.07) is 4.55.